The molecule has 1 heterocycles. The summed E-state index contributed by atoms with van der Waals surface area (Å²) < 4.78 is 27.8. The number of nitrogens with one attached hydrogen (secondary N) is 2. The van der Waals surface area contributed by atoms with Gasteiger partial charge in [0.15, 0.2) is 5.03 Å². The fraction of sp³-hybridized carbons (Fsp3) is 0.667. The summed E-state index contributed by atoms with van der Waals surface area (Å²) in [7, 11) is -3.57. The minimum absolute atomic E-state index is 0.0856. The van der Waals surface area contributed by atoms with Gasteiger partial charge in [0.1, 0.15) is 0 Å². The first-order valence-electron chi connectivity index (χ1n) is 7.62. The third-order valence-electron chi connectivity index (χ3n) is 4.03. The Hall–Kier alpha value is -0.980. The van der Waals surface area contributed by atoms with Gasteiger partial charge in [0.2, 0.25) is 0 Å². The lowest BCUT2D eigenvalue weighted by atomic mass is 9.91. The van der Waals surface area contributed by atoms with Crippen LogP contribution in [0.4, 0.5) is 0 Å². The highest BCUT2D eigenvalue weighted by Crippen LogP contribution is 2.22. The smallest absolute Gasteiger partial charge is 0.258 e. The first-order valence-corrected chi connectivity index (χ1v) is 9.11. The van der Waals surface area contributed by atoms with Crippen LogP contribution in [0.5, 0.6) is 0 Å². The first-order chi connectivity index (χ1) is 9.93. The average molecular weight is 313 g/mol. The van der Waals surface area contributed by atoms with E-state index in [1.807, 2.05) is 27.7 Å². The van der Waals surface area contributed by atoms with Crippen molar-refractivity contribution in [2.24, 2.45) is 0 Å². The predicted octanol–water partition coefficient (Wildman–Crippen LogP) is 2.44. The molecule has 0 aromatic carbocycles. The zero-order valence-corrected chi connectivity index (χ0v) is 14.3. The largest absolute Gasteiger partial charge is 0.313 e. The van der Waals surface area contributed by atoms with Crippen LogP contribution < -0.4 is 10.0 Å². The van der Waals surface area contributed by atoms with Crippen LogP contribution in [0.25, 0.3) is 0 Å². The number of hydrogen-bond donors (Lipinski definition) is 2. The maximum atomic E-state index is 12.5. The lowest BCUT2D eigenvalue weighted by molar-refractivity contribution is 0.341. The average Bonchev–Trinajstić information content (AvgIpc) is 2.51. The summed E-state index contributed by atoms with van der Waals surface area (Å²) in [6.45, 7) is 9.59. The fourth-order valence-corrected chi connectivity index (χ4v) is 3.79. The summed E-state index contributed by atoms with van der Waals surface area (Å²) in [6, 6.07) is 3.37. The van der Waals surface area contributed by atoms with Crippen molar-refractivity contribution >= 4 is 10.0 Å². The van der Waals surface area contributed by atoms with E-state index in [0.29, 0.717) is 6.54 Å². The lowest BCUT2D eigenvalue weighted by Gasteiger charge is -2.31. The molecule has 5 nitrogen and oxygen atoms in total. The fourth-order valence-electron chi connectivity index (χ4n) is 2.25. The Kier molecular flexibility index (Phi) is 6.77. The monoisotopic (exact) mass is 313 g/mol. The molecule has 0 bridgehead atoms. The summed E-state index contributed by atoms with van der Waals surface area (Å²) in [5.41, 5.74) is 0.590. The minimum atomic E-state index is -3.57. The van der Waals surface area contributed by atoms with Crippen molar-refractivity contribution in [1.29, 1.82) is 0 Å². The highest BCUT2D eigenvalue weighted by Gasteiger charge is 2.30. The molecule has 0 amide bonds. The van der Waals surface area contributed by atoms with E-state index in [0.717, 1.165) is 31.4 Å². The predicted molar refractivity (Wildman–Crippen MR) is 85.5 cm³/mol. The van der Waals surface area contributed by atoms with E-state index in [-0.39, 0.29) is 10.6 Å². The standard InChI is InChI=1S/C15H27N3O2S/c1-5-15(6-2,7-3)18-21(19,20)14-10-9-13(12-17-14)11-16-8-4/h9-10,12,16,18H,5-8,11H2,1-4H3. The molecule has 0 spiro atoms. The molecule has 1 aromatic rings. The Morgan fingerprint density at radius 1 is 1.10 bits per heavy atom. The molecule has 0 saturated carbocycles. The SMILES string of the molecule is CCNCc1ccc(S(=O)(=O)NC(CC)(CC)CC)nc1. The molecule has 21 heavy (non-hydrogen) atoms. The van der Waals surface area contributed by atoms with Crippen molar-refractivity contribution in [3.8, 4) is 0 Å². The van der Waals surface area contributed by atoms with Gasteiger partial charge in [-0.05, 0) is 37.4 Å². The van der Waals surface area contributed by atoms with Gasteiger partial charge in [0.05, 0.1) is 0 Å². The van der Waals surface area contributed by atoms with Gasteiger partial charge >= 0.3 is 0 Å². The van der Waals surface area contributed by atoms with Gasteiger partial charge in [-0.1, -0.05) is 33.8 Å². The van der Waals surface area contributed by atoms with E-state index >= 15 is 0 Å². The van der Waals surface area contributed by atoms with E-state index in [2.05, 4.69) is 15.0 Å². The second-order valence-electron chi connectivity index (χ2n) is 5.23. The second kappa shape index (κ2) is 7.87. The van der Waals surface area contributed by atoms with Crippen molar-refractivity contribution in [2.75, 3.05) is 6.54 Å². The van der Waals surface area contributed by atoms with Gasteiger partial charge < -0.3 is 5.32 Å². The summed E-state index contributed by atoms with van der Waals surface area (Å²) in [5, 5.41) is 3.27. The Balaban J connectivity index is 2.92. The van der Waals surface area contributed by atoms with Gasteiger partial charge in [-0.3, -0.25) is 0 Å². The third kappa shape index (κ3) is 4.76. The maximum absolute atomic E-state index is 12.5. The molecule has 1 aromatic heterocycles. The number of sulfonamides is 1. The molecule has 0 unspecified atom stereocenters. The molecule has 120 valence electrons. The molecule has 2 N–H and O–H groups in total. The van der Waals surface area contributed by atoms with Gasteiger partial charge in [-0.2, -0.15) is 0 Å². The van der Waals surface area contributed by atoms with Crippen LogP contribution in [0.1, 0.15) is 52.5 Å². The number of nitrogens with zero attached hydrogens (tertiary/aromatic N) is 1. The van der Waals surface area contributed by atoms with Crippen LogP contribution in [-0.2, 0) is 16.6 Å². The summed E-state index contributed by atoms with van der Waals surface area (Å²) >= 11 is 0. The van der Waals surface area contributed by atoms with Crippen LogP contribution in [0.3, 0.4) is 0 Å². The summed E-state index contributed by atoms with van der Waals surface area (Å²) in [5.74, 6) is 0. The molecule has 6 heteroatoms. The Morgan fingerprint density at radius 2 is 1.71 bits per heavy atom. The van der Waals surface area contributed by atoms with Crippen molar-refractivity contribution in [1.82, 2.24) is 15.0 Å². The zero-order chi connectivity index (χ0) is 15.9. The van der Waals surface area contributed by atoms with E-state index < -0.39 is 10.0 Å². The van der Waals surface area contributed by atoms with Gasteiger partial charge in [-0.15, -0.1) is 0 Å². The van der Waals surface area contributed by atoms with Crippen LogP contribution >= 0.6 is 0 Å². The van der Waals surface area contributed by atoms with Crippen molar-refractivity contribution in [3.05, 3.63) is 23.9 Å². The van der Waals surface area contributed by atoms with Gasteiger partial charge in [0, 0.05) is 18.3 Å². The molecule has 0 saturated heterocycles. The molecule has 0 atom stereocenters. The summed E-state index contributed by atoms with van der Waals surface area (Å²) in [6.07, 6.45) is 3.90. The first kappa shape index (κ1) is 18.1. The van der Waals surface area contributed by atoms with E-state index in [4.69, 9.17) is 0 Å². The van der Waals surface area contributed by atoms with Crippen LogP contribution in [-0.4, -0.2) is 25.5 Å². The molecule has 1 rings (SSSR count). The second-order valence-corrected chi connectivity index (χ2v) is 6.86. The molecule has 0 fully saturated rings. The van der Waals surface area contributed by atoms with Crippen LogP contribution in [0.15, 0.2) is 23.4 Å². The van der Waals surface area contributed by atoms with Crippen molar-refractivity contribution in [2.45, 2.75) is 64.1 Å². The lowest BCUT2D eigenvalue weighted by Crippen LogP contribution is -2.47. The topological polar surface area (TPSA) is 71.1 Å². The number of pyridine rings is 1. The molecule has 0 aliphatic rings. The molecule has 0 aliphatic heterocycles. The van der Waals surface area contributed by atoms with Crippen molar-refractivity contribution in [3.63, 3.8) is 0 Å². The Bertz CT molecular complexity index is 514. The minimum Gasteiger partial charge on any atom is -0.313 e. The van der Waals surface area contributed by atoms with Crippen LogP contribution in [0, 0.1) is 0 Å². The number of rotatable bonds is 9. The molecular formula is C15H27N3O2S. The Morgan fingerprint density at radius 3 is 2.14 bits per heavy atom. The molecule has 0 aliphatic carbocycles. The quantitative estimate of drug-likeness (QED) is 0.734. The van der Waals surface area contributed by atoms with Crippen molar-refractivity contribution < 1.29 is 8.42 Å². The molecular weight excluding hydrogens is 286 g/mol. The van der Waals surface area contributed by atoms with E-state index in [1.54, 1.807) is 18.3 Å². The zero-order valence-electron chi connectivity index (χ0n) is 13.4. The summed E-state index contributed by atoms with van der Waals surface area (Å²) in [4.78, 5) is 4.10. The van der Waals surface area contributed by atoms with E-state index in [1.165, 1.54) is 0 Å². The van der Waals surface area contributed by atoms with E-state index in [9.17, 15) is 8.42 Å². The highest BCUT2D eigenvalue weighted by molar-refractivity contribution is 7.89. The Labute approximate surface area is 128 Å². The molecule has 0 radical (unpaired) electrons. The third-order valence-corrected chi connectivity index (χ3v) is 5.53. The normalized spacial score (nSPS) is 12.6. The van der Waals surface area contributed by atoms with Gasteiger partial charge in [-0.25, -0.2) is 18.1 Å². The highest BCUT2D eigenvalue weighted by atomic mass is 32.2. The van der Waals surface area contributed by atoms with Crippen LogP contribution in [0.2, 0.25) is 0 Å². The number of hydrogen-bond acceptors (Lipinski definition) is 4. The van der Waals surface area contributed by atoms with Gasteiger partial charge in [0.25, 0.3) is 10.0 Å². The number of aromatic nitrogens is 1. The maximum Gasteiger partial charge on any atom is 0.258 e.